The number of nitrogens with zero attached hydrogens (tertiary/aromatic N) is 2. The van der Waals surface area contributed by atoms with E-state index in [0.717, 1.165) is 17.9 Å². The molecule has 0 atom stereocenters. The van der Waals surface area contributed by atoms with E-state index in [1.807, 2.05) is 13.0 Å². The third kappa shape index (κ3) is 2.47. The van der Waals surface area contributed by atoms with Crippen LogP contribution >= 0.6 is 11.3 Å². The van der Waals surface area contributed by atoms with Crippen molar-refractivity contribution in [1.82, 2.24) is 9.97 Å². The number of rotatable bonds is 4. The second kappa shape index (κ2) is 4.91. The summed E-state index contributed by atoms with van der Waals surface area (Å²) in [5, 5.41) is 5.31. The minimum atomic E-state index is 0.416. The number of thiophene rings is 1. The molecular formula is C10H13N5S. The van der Waals surface area contributed by atoms with E-state index in [2.05, 4.69) is 32.2 Å². The van der Waals surface area contributed by atoms with E-state index < -0.39 is 0 Å². The van der Waals surface area contributed by atoms with Crippen LogP contribution in [0.2, 0.25) is 0 Å². The normalized spacial score (nSPS) is 10.1. The van der Waals surface area contributed by atoms with Crippen LogP contribution in [0.4, 0.5) is 11.8 Å². The van der Waals surface area contributed by atoms with Crippen LogP contribution in [0.3, 0.4) is 0 Å². The van der Waals surface area contributed by atoms with E-state index in [9.17, 15) is 0 Å². The Morgan fingerprint density at radius 1 is 1.50 bits per heavy atom. The number of nitrogens with one attached hydrogen (secondary N) is 2. The predicted octanol–water partition coefficient (Wildman–Crippen LogP) is 1.74. The van der Waals surface area contributed by atoms with Crippen LogP contribution < -0.4 is 16.6 Å². The van der Waals surface area contributed by atoms with Gasteiger partial charge < -0.3 is 5.32 Å². The molecule has 0 fully saturated rings. The summed E-state index contributed by atoms with van der Waals surface area (Å²) < 4.78 is 0. The van der Waals surface area contributed by atoms with Gasteiger partial charge in [0.15, 0.2) is 0 Å². The molecule has 0 aliphatic heterocycles. The smallest absolute Gasteiger partial charge is 0.239 e. The van der Waals surface area contributed by atoms with Gasteiger partial charge >= 0.3 is 0 Å². The summed E-state index contributed by atoms with van der Waals surface area (Å²) in [5.41, 5.74) is 3.42. The minimum absolute atomic E-state index is 0.416. The van der Waals surface area contributed by atoms with E-state index in [4.69, 9.17) is 5.84 Å². The van der Waals surface area contributed by atoms with E-state index in [1.165, 1.54) is 4.88 Å². The lowest BCUT2D eigenvalue weighted by atomic mass is 10.3. The zero-order chi connectivity index (χ0) is 11.4. The number of nitrogen functional groups attached to an aromatic ring is 1. The number of nitrogens with two attached hydrogens (primary N) is 1. The minimum Gasteiger partial charge on any atom is -0.365 e. The van der Waals surface area contributed by atoms with Crippen LogP contribution in [0.15, 0.2) is 23.7 Å². The zero-order valence-corrected chi connectivity index (χ0v) is 9.71. The first-order valence-corrected chi connectivity index (χ1v) is 5.74. The fraction of sp³-hybridized carbons (Fsp3) is 0.200. The van der Waals surface area contributed by atoms with Gasteiger partial charge in [-0.05, 0) is 18.4 Å². The van der Waals surface area contributed by atoms with Crippen molar-refractivity contribution in [1.29, 1.82) is 0 Å². The van der Waals surface area contributed by atoms with Crippen molar-refractivity contribution < 1.29 is 0 Å². The first-order valence-electron chi connectivity index (χ1n) is 4.86. The first-order chi connectivity index (χ1) is 7.79. The molecule has 0 bridgehead atoms. The molecule has 84 valence electrons. The van der Waals surface area contributed by atoms with E-state index in [-0.39, 0.29) is 0 Å². The van der Waals surface area contributed by atoms with Gasteiger partial charge in [-0.3, -0.25) is 5.43 Å². The second-order valence-corrected chi connectivity index (χ2v) is 4.33. The Bertz CT molecular complexity index is 454. The standard InChI is InChI=1S/C10H13N5S/c1-7-5-13-10(15-11)14-9(7)12-6-8-3-2-4-16-8/h2-5H,6,11H2,1H3,(H2,12,13,14,15). The summed E-state index contributed by atoms with van der Waals surface area (Å²) in [6.07, 6.45) is 1.74. The van der Waals surface area contributed by atoms with E-state index >= 15 is 0 Å². The van der Waals surface area contributed by atoms with Gasteiger partial charge in [0, 0.05) is 16.6 Å². The average Bonchev–Trinajstić information content (AvgIpc) is 2.81. The maximum Gasteiger partial charge on any atom is 0.239 e. The molecule has 0 saturated carbocycles. The highest BCUT2D eigenvalue weighted by atomic mass is 32.1. The van der Waals surface area contributed by atoms with Crippen molar-refractivity contribution in [2.24, 2.45) is 5.84 Å². The number of hydrogen-bond donors (Lipinski definition) is 3. The lowest BCUT2D eigenvalue weighted by Gasteiger charge is -2.08. The third-order valence-corrected chi connectivity index (χ3v) is 2.99. The van der Waals surface area contributed by atoms with Gasteiger partial charge in [0.1, 0.15) is 5.82 Å². The lowest BCUT2D eigenvalue weighted by Crippen LogP contribution is -2.12. The highest BCUT2D eigenvalue weighted by Crippen LogP contribution is 2.15. The Labute approximate surface area is 97.7 Å². The summed E-state index contributed by atoms with van der Waals surface area (Å²) in [5.74, 6) is 6.48. The summed E-state index contributed by atoms with van der Waals surface area (Å²) in [4.78, 5) is 9.52. The van der Waals surface area contributed by atoms with Gasteiger partial charge in [-0.1, -0.05) is 6.07 Å². The van der Waals surface area contributed by atoms with E-state index in [1.54, 1.807) is 17.5 Å². The monoisotopic (exact) mass is 235 g/mol. The quantitative estimate of drug-likeness (QED) is 0.556. The molecular weight excluding hydrogens is 222 g/mol. The highest BCUT2D eigenvalue weighted by Gasteiger charge is 2.02. The van der Waals surface area contributed by atoms with Crippen LogP contribution in [-0.2, 0) is 6.54 Å². The van der Waals surface area contributed by atoms with Gasteiger partial charge in [0.25, 0.3) is 0 Å². The Kier molecular flexibility index (Phi) is 3.33. The molecule has 5 nitrogen and oxygen atoms in total. The molecule has 2 heterocycles. The SMILES string of the molecule is Cc1cnc(NN)nc1NCc1cccs1. The number of aromatic nitrogens is 2. The molecule has 2 aromatic heterocycles. The maximum absolute atomic E-state index is 5.26. The maximum atomic E-state index is 5.26. The van der Waals surface area contributed by atoms with Crippen molar-refractivity contribution in [3.05, 3.63) is 34.2 Å². The highest BCUT2D eigenvalue weighted by molar-refractivity contribution is 7.09. The first kappa shape index (κ1) is 10.8. The third-order valence-electron chi connectivity index (χ3n) is 2.11. The molecule has 0 radical (unpaired) electrons. The van der Waals surface area contributed by atoms with Gasteiger partial charge in [-0.25, -0.2) is 10.8 Å². The molecule has 2 aromatic rings. The van der Waals surface area contributed by atoms with Crippen LogP contribution in [0, 0.1) is 6.92 Å². The molecule has 2 rings (SSSR count). The molecule has 0 spiro atoms. The molecule has 0 amide bonds. The Morgan fingerprint density at radius 3 is 3.06 bits per heavy atom. The van der Waals surface area contributed by atoms with Gasteiger partial charge in [0.2, 0.25) is 5.95 Å². The van der Waals surface area contributed by atoms with Crippen molar-refractivity contribution in [3.63, 3.8) is 0 Å². The summed E-state index contributed by atoms with van der Waals surface area (Å²) in [6, 6.07) is 4.11. The number of hydrazine groups is 1. The van der Waals surface area contributed by atoms with Crippen molar-refractivity contribution in [3.8, 4) is 0 Å². The molecule has 4 N–H and O–H groups in total. The average molecular weight is 235 g/mol. The van der Waals surface area contributed by atoms with E-state index in [0.29, 0.717) is 5.95 Å². The van der Waals surface area contributed by atoms with Crippen LogP contribution in [-0.4, -0.2) is 9.97 Å². The zero-order valence-electron chi connectivity index (χ0n) is 8.90. The van der Waals surface area contributed by atoms with Gasteiger partial charge in [-0.2, -0.15) is 4.98 Å². The number of hydrogen-bond acceptors (Lipinski definition) is 6. The topological polar surface area (TPSA) is 75.9 Å². The summed E-state index contributed by atoms with van der Waals surface area (Å²) >= 11 is 1.71. The summed E-state index contributed by atoms with van der Waals surface area (Å²) in [6.45, 7) is 2.72. The van der Waals surface area contributed by atoms with Gasteiger partial charge in [-0.15, -0.1) is 11.3 Å². The molecule has 0 aliphatic rings. The van der Waals surface area contributed by atoms with Crippen LogP contribution in [0.25, 0.3) is 0 Å². The molecule has 0 unspecified atom stereocenters. The van der Waals surface area contributed by atoms with Crippen molar-refractivity contribution >= 4 is 23.1 Å². The second-order valence-electron chi connectivity index (χ2n) is 3.30. The molecule has 0 aliphatic carbocycles. The fourth-order valence-electron chi connectivity index (χ4n) is 1.27. The van der Waals surface area contributed by atoms with Crippen molar-refractivity contribution in [2.45, 2.75) is 13.5 Å². The number of aryl methyl sites for hydroxylation is 1. The molecule has 16 heavy (non-hydrogen) atoms. The predicted molar refractivity (Wildman–Crippen MR) is 66.2 cm³/mol. The van der Waals surface area contributed by atoms with Crippen molar-refractivity contribution in [2.75, 3.05) is 10.7 Å². The largest absolute Gasteiger partial charge is 0.365 e. The number of anilines is 2. The summed E-state index contributed by atoms with van der Waals surface area (Å²) in [7, 11) is 0. The molecule has 0 aromatic carbocycles. The molecule has 6 heteroatoms. The molecule has 0 saturated heterocycles. The Morgan fingerprint density at radius 2 is 2.38 bits per heavy atom. The Balaban J connectivity index is 2.08. The van der Waals surface area contributed by atoms with Gasteiger partial charge in [0.05, 0.1) is 6.54 Å². The van der Waals surface area contributed by atoms with Crippen LogP contribution in [0.5, 0.6) is 0 Å². The Hall–Kier alpha value is -1.66. The fourth-order valence-corrected chi connectivity index (χ4v) is 1.92. The lowest BCUT2D eigenvalue weighted by molar-refractivity contribution is 1.06. The van der Waals surface area contributed by atoms with Crippen LogP contribution in [0.1, 0.15) is 10.4 Å².